The Morgan fingerprint density at radius 3 is 1.81 bits per heavy atom. The van der Waals surface area contributed by atoms with Crippen LogP contribution in [0.25, 0.3) is 28.0 Å². The van der Waals surface area contributed by atoms with Crippen molar-refractivity contribution in [2.24, 2.45) is 10.7 Å². The lowest BCUT2D eigenvalue weighted by atomic mass is 9.68. The van der Waals surface area contributed by atoms with E-state index in [9.17, 15) is 0 Å². The van der Waals surface area contributed by atoms with E-state index in [1.54, 1.807) is 0 Å². The van der Waals surface area contributed by atoms with Gasteiger partial charge < -0.3 is 15.2 Å². The molecule has 4 heteroatoms. The molecule has 0 saturated heterocycles. The van der Waals surface area contributed by atoms with E-state index in [-0.39, 0.29) is 0 Å². The zero-order valence-corrected chi connectivity index (χ0v) is 31.2. The maximum absolute atomic E-state index is 6.84. The van der Waals surface area contributed by atoms with Crippen LogP contribution in [-0.4, -0.2) is 5.71 Å². The number of aliphatic imine (C=N–C) groups is 1. The Morgan fingerprint density at radius 1 is 0.509 bits per heavy atom. The van der Waals surface area contributed by atoms with Gasteiger partial charge in [0.1, 0.15) is 0 Å². The highest BCUT2D eigenvalue weighted by Gasteiger charge is 2.48. The largest absolute Gasteiger partial charge is 0.449 e. The van der Waals surface area contributed by atoms with Gasteiger partial charge in [-0.3, -0.25) is 4.99 Å². The number of allylic oxidation sites excluding steroid dienone is 1. The first-order valence-electron chi connectivity index (χ1n) is 19.3. The van der Waals surface area contributed by atoms with Crippen molar-refractivity contribution in [3.8, 4) is 45.3 Å². The van der Waals surface area contributed by atoms with Crippen LogP contribution in [0.2, 0.25) is 0 Å². The van der Waals surface area contributed by atoms with Gasteiger partial charge in [0.15, 0.2) is 23.0 Å². The first-order chi connectivity index (χ1) is 28.2. The van der Waals surface area contributed by atoms with Crippen LogP contribution in [0.1, 0.15) is 38.9 Å². The molecule has 2 N–H and O–H groups in total. The average Bonchev–Trinajstić information content (AvgIpc) is 3.59. The normalized spacial score (nSPS) is 13.7. The first-order valence-corrected chi connectivity index (χ1v) is 19.3. The molecule has 0 aromatic heterocycles. The number of hydrogen-bond acceptors (Lipinski definition) is 4. The molecule has 8 aromatic rings. The Balaban J connectivity index is 0.966. The standard InChI is InChI=1S/C53H38N2O2/c54-46(34-47(39-17-7-2-8-18-39)55-35-36-15-5-1-6-16-36)38-27-25-37(26-28-38)40-29-31-48-50(33-40)56-49-32-30-45-51(52(49)57-48)43-23-13-14-24-44(43)53(45,41-19-9-3-10-20-41)42-21-11-4-12-22-42/h1-34H,35,54H2/b46-34-,55-47?. The Bertz CT molecular complexity index is 2750. The van der Waals surface area contributed by atoms with Crippen molar-refractivity contribution in [2.45, 2.75) is 12.0 Å². The SMILES string of the molecule is N/C(=C\C(=NCc1ccccc1)c1ccccc1)c1ccc(-c2ccc3c(c2)Oc2ccc4c(c2O3)-c2ccccc2C4(c2ccccc2)c2ccccc2)cc1. The predicted octanol–water partition coefficient (Wildman–Crippen LogP) is 12.6. The fourth-order valence-electron chi connectivity index (χ4n) is 8.42. The second-order valence-corrected chi connectivity index (χ2v) is 14.4. The van der Waals surface area contributed by atoms with Gasteiger partial charge in [-0.05, 0) is 79.9 Å². The Hall–Kier alpha value is -7.43. The van der Waals surface area contributed by atoms with Crippen LogP contribution >= 0.6 is 0 Å². The molecule has 1 aliphatic heterocycles. The van der Waals surface area contributed by atoms with Gasteiger partial charge >= 0.3 is 0 Å². The second kappa shape index (κ2) is 14.3. The highest BCUT2D eigenvalue weighted by Crippen LogP contribution is 2.62. The highest BCUT2D eigenvalue weighted by molar-refractivity contribution is 6.12. The summed E-state index contributed by atoms with van der Waals surface area (Å²) in [6, 6.07) is 69.4. The van der Waals surface area contributed by atoms with Crippen LogP contribution in [0, 0.1) is 0 Å². The number of nitrogens with two attached hydrogens (primary N) is 1. The Kier molecular flexibility index (Phi) is 8.57. The van der Waals surface area contributed by atoms with Crippen LogP contribution in [-0.2, 0) is 12.0 Å². The van der Waals surface area contributed by atoms with Crippen molar-refractivity contribution in [3.63, 3.8) is 0 Å². The van der Waals surface area contributed by atoms with Gasteiger partial charge in [0, 0.05) is 11.3 Å². The summed E-state index contributed by atoms with van der Waals surface area (Å²) < 4.78 is 13.5. The van der Waals surface area contributed by atoms with Gasteiger partial charge in [-0.25, -0.2) is 0 Å². The highest BCUT2D eigenvalue weighted by atomic mass is 16.6. The molecule has 0 saturated carbocycles. The molecule has 10 rings (SSSR count). The van der Waals surface area contributed by atoms with E-state index in [0.717, 1.165) is 50.4 Å². The van der Waals surface area contributed by atoms with Gasteiger partial charge in [0.05, 0.1) is 17.7 Å². The molecule has 57 heavy (non-hydrogen) atoms. The summed E-state index contributed by atoms with van der Waals surface area (Å²) in [5, 5.41) is 0. The zero-order chi connectivity index (χ0) is 38.2. The van der Waals surface area contributed by atoms with Gasteiger partial charge in [0.2, 0.25) is 0 Å². The fourth-order valence-corrected chi connectivity index (χ4v) is 8.42. The lowest BCUT2D eigenvalue weighted by Gasteiger charge is -2.34. The number of rotatable bonds is 8. The van der Waals surface area contributed by atoms with Crippen molar-refractivity contribution in [1.29, 1.82) is 0 Å². The summed E-state index contributed by atoms with van der Waals surface area (Å²) in [4.78, 5) is 4.95. The van der Waals surface area contributed by atoms with Crippen LogP contribution in [0.5, 0.6) is 23.0 Å². The number of fused-ring (bicyclic) bond motifs is 6. The third-order valence-corrected chi connectivity index (χ3v) is 11.1. The molecule has 8 aromatic carbocycles. The van der Waals surface area contributed by atoms with E-state index in [2.05, 4.69) is 158 Å². The Morgan fingerprint density at radius 2 is 1.11 bits per heavy atom. The maximum atomic E-state index is 6.84. The van der Waals surface area contributed by atoms with Gasteiger partial charge in [0.25, 0.3) is 0 Å². The van der Waals surface area contributed by atoms with Crippen molar-refractivity contribution >= 4 is 11.4 Å². The van der Waals surface area contributed by atoms with Crippen molar-refractivity contribution < 1.29 is 9.47 Å². The summed E-state index contributed by atoms with van der Waals surface area (Å²) in [7, 11) is 0. The molecule has 1 aliphatic carbocycles. The monoisotopic (exact) mass is 734 g/mol. The minimum atomic E-state index is -0.514. The molecular formula is C53H38N2O2. The lowest BCUT2D eigenvalue weighted by Crippen LogP contribution is -2.28. The average molecular weight is 735 g/mol. The minimum Gasteiger partial charge on any atom is -0.449 e. The third kappa shape index (κ3) is 5.99. The number of nitrogens with zero attached hydrogens (tertiary/aromatic N) is 1. The first kappa shape index (κ1) is 34.1. The van der Waals surface area contributed by atoms with Crippen LogP contribution in [0.15, 0.2) is 211 Å². The number of ether oxygens (including phenoxy) is 2. The summed E-state index contributed by atoms with van der Waals surface area (Å²) in [6.45, 7) is 0.570. The van der Waals surface area contributed by atoms with Crippen molar-refractivity contribution in [1.82, 2.24) is 0 Å². The lowest BCUT2D eigenvalue weighted by molar-refractivity contribution is 0.360. The summed E-state index contributed by atoms with van der Waals surface area (Å²) in [5.74, 6) is 2.79. The summed E-state index contributed by atoms with van der Waals surface area (Å²) >= 11 is 0. The van der Waals surface area contributed by atoms with Gasteiger partial charge in [-0.15, -0.1) is 0 Å². The van der Waals surface area contributed by atoms with Gasteiger partial charge in [-0.2, -0.15) is 0 Å². The third-order valence-electron chi connectivity index (χ3n) is 11.1. The smallest absolute Gasteiger partial charge is 0.178 e. The molecular weight excluding hydrogens is 697 g/mol. The van der Waals surface area contributed by atoms with E-state index < -0.39 is 5.41 Å². The van der Waals surface area contributed by atoms with E-state index in [1.165, 1.54) is 22.3 Å². The summed E-state index contributed by atoms with van der Waals surface area (Å²) in [5.41, 5.74) is 19.9. The molecule has 0 fully saturated rings. The molecule has 2 aliphatic rings. The van der Waals surface area contributed by atoms with Crippen LogP contribution in [0.3, 0.4) is 0 Å². The van der Waals surface area contributed by atoms with Crippen LogP contribution < -0.4 is 15.2 Å². The topological polar surface area (TPSA) is 56.8 Å². The van der Waals surface area contributed by atoms with E-state index >= 15 is 0 Å². The predicted molar refractivity (Wildman–Crippen MR) is 231 cm³/mol. The van der Waals surface area contributed by atoms with E-state index in [4.69, 9.17) is 20.2 Å². The van der Waals surface area contributed by atoms with Crippen molar-refractivity contribution in [3.05, 3.63) is 245 Å². The molecule has 0 atom stereocenters. The number of hydrogen-bond donors (Lipinski definition) is 1. The molecule has 0 radical (unpaired) electrons. The molecule has 1 heterocycles. The molecule has 0 spiro atoms. The van der Waals surface area contributed by atoms with Crippen LogP contribution in [0.4, 0.5) is 0 Å². The van der Waals surface area contributed by atoms with E-state index in [0.29, 0.717) is 29.5 Å². The van der Waals surface area contributed by atoms with Gasteiger partial charge in [-0.1, -0.05) is 182 Å². The molecule has 272 valence electrons. The number of benzene rings is 8. The van der Waals surface area contributed by atoms with Crippen molar-refractivity contribution in [2.75, 3.05) is 0 Å². The second-order valence-electron chi connectivity index (χ2n) is 14.4. The quantitative estimate of drug-likeness (QED) is 0.158. The van der Waals surface area contributed by atoms with E-state index in [1.807, 2.05) is 48.5 Å². The molecule has 0 bridgehead atoms. The Labute approximate surface area is 332 Å². The summed E-state index contributed by atoms with van der Waals surface area (Å²) in [6.07, 6.45) is 1.97. The maximum Gasteiger partial charge on any atom is 0.178 e. The fraction of sp³-hybridized carbons (Fsp3) is 0.0377. The molecule has 0 unspecified atom stereocenters. The zero-order valence-electron chi connectivity index (χ0n) is 31.2. The molecule has 0 amide bonds. The molecule has 4 nitrogen and oxygen atoms in total. The minimum absolute atomic E-state index is 0.514.